The van der Waals surface area contributed by atoms with Gasteiger partial charge in [0.25, 0.3) is 5.91 Å². The van der Waals surface area contributed by atoms with Crippen molar-refractivity contribution in [1.82, 2.24) is 4.90 Å². The lowest BCUT2D eigenvalue weighted by Gasteiger charge is -2.14. The van der Waals surface area contributed by atoms with Crippen LogP contribution >= 0.6 is 11.3 Å². The molecule has 0 saturated carbocycles. The van der Waals surface area contributed by atoms with Crippen molar-refractivity contribution < 1.29 is 9.90 Å². The molecule has 1 aliphatic heterocycles. The van der Waals surface area contributed by atoms with Crippen molar-refractivity contribution in [1.29, 1.82) is 0 Å². The third-order valence-electron chi connectivity index (χ3n) is 3.28. The average molecular weight is 277 g/mol. The van der Waals surface area contributed by atoms with Crippen LogP contribution in [0.5, 0.6) is 0 Å². The molecule has 2 rings (SSSR count). The number of aliphatic hydroxyl groups is 1. The molecule has 1 saturated heterocycles. The van der Waals surface area contributed by atoms with Gasteiger partial charge in [-0.15, -0.1) is 11.3 Å². The molecule has 2 heterocycles. The molecular weight excluding hydrogens is 258 g/mol. The maximum absolute atomic E-state index is 12.3. The first-order chi connectivity index (χ1) is 9.11. The lowest BCUT2D eigenvalue weighted by Crippen LogP contribution is -2.27. The smallest absolute Gasteiger partial charge is 0.263 e. The van der Waals surface area contributed by atoms with Crippen LogP contribution in [0, 0.1) is 24.7 Å². The van der Waals surface area contributed by atoms with Gasteiger partial charge in [0, 0.05) is 19.5 Å². The first-order valence-electron chi connectivity index (χ1n) is 6.61. The van der Waals surface area contributed by atoms with Crippen LogP contribution in [0.4, 0.5) is 0 Å². The summed E-state index contributed by atoms with van der Waals surface area (Å²) in [6.45, 7) is 5.96. The highest BCUT2D eigenvalue weighted by Gasteiger charge is 2.25. The number of thiophene rings is 1. The molecule has 0 bridgehead atoms. The summed E-state index contributed by atoms with van der Waals surface area (Å²) in [6.07, 6.45) is 1.57. The fourth-order valence-corrected chi connectivity index (χ4v) is 3.20. The Bertz CT molecular complexity index is 524. The molecule has 1 atom stereocenters. The molecule has 1 aliphatic rings. The zero-order valence-electron chi connectivity index (χ0n) is 11.4. The molecule has 4 heteroatoms. The Morgan fingerprint density at radius 1 is 1.63 bits per heavy atom. The number of likely N-dealkylation sites (tertiary alicyclic amines) is 1. The second-order valence-corrected chi connectivity index (χ2v) is 6.10. The fourth-order valence-electron chi connectivity index (χ4n) is 2.19. The van der Waals surface area contributed by atoms with E-state index in [1.54, 1.807) is 0 Å². The van der Waals surface area contributed by atoms with Gasteiger partial charge in [0.2, 0.25) is 0 Å². The van der Waals surface area contributed by atoms with Gasteiger partial charge in [0.15, 0.2) is 0 Å². The van der Waals surface area contributed by atoms with Crippen LogP contribution < -0.4 is 0 Å². The van der Waals surface area contributed by atoms with Gasteiger partial charge in [-0.05, 0) is 30.9 Å². The van der Waals surface area contributed by atoms with Crippen LogP contribution in [0.25, 0.3) is 0 Å². The van der Waals surface area contributed by atoms with Crippen LogP contribution in [-0.2, 0) is 0 Å². The molecule has 3 nitrogen and oxygen atoms in total. The van der Waals surface area contributed by atoms with Crippen LogP contribution in [0.2, 0.25) is 0 Å². The minimum atomic E-state index is 0.0783. The summed E-state index contributed by atoms with van der Waals surface area (Å²) in [7, 11) is 0. The second-order valence-electron chi connectivity index (χ2n) is 5.04. The van der Waals surface area contributed by atoms with E-state index in [0.29, 0.717) is 12.3 Å². The predicted molar refractivity (Wildman–Crippen MR) is 77.3 cm³/mol. The zero-order chi connectivity index (χ0) is 13.8. The topological polar surface area (TPSA) is 40.5 Å². The number of nitrogens with zero attached hydrogens (tertiary/aromatic N) is 1. The quantitative estimate of drug-likeness (QED) is 0.843. The van der Waals surface area contributed by atoms with Gasteiger partial charge >= 0.3 is 0 Å². The van der Waals surface area contributed by atoms with Crippen LogP contribution in [0.15, 0.2) is 6.07 Å². The minimum Gasteiger partial charge on any atom is -0.395 e. The molecule has 1 unspecified atom stereocenters. The summed E-state index contributed by atoms with van der Waals surface area (Å²) in [5, 5.41) is 8.72. The Kier molecular flexibility index (Phi) is 4.62. The lowest BCUT2D eigenvalue weighted by molar-refractivity contribution is 0.0793. The Morgan fingerprint density at radius 3 is 3.05 bits per heavy atom. The molecule has 1 amide bonds. The number of hydrogen-bond donors (Lipinski definition) is 1. The number of carbonyl (C=O) groups is 1. The molecule has 1 N–H and O–H groups in total. The van der Waals surface area contributed by atoms with Crippen LogP contribution in [0.3, 0.4) is 0 Å². The highest BCUT2D eigenvalue weighted by Crippen LogP contribution is 2.25. The van der Waals surface area contributed by atoms with E-state index in [-0.39, 0.29) is 12.5 Å². The number of amides is 1. The number of aryl methyl sites for hydroxylation is 1. The monoisotopic (exact) mass is 277 g/mol. The average Bonchev–Trinajstić information content (AvgIpc) is 2.96. The fraction of sp³-hybridized carbons (Fsp3) is 0.533. The Morgan fingerprint density at radius 2 is 2.42 bits per heavy atom. The molecule has 1 aromatic rings. The van der Waals surface area contributed by atoms with Crippen molar-refractivity contribution >= 4 is 17.2 Å². The largest absolute Gasteiger partial charge is 0.395 e. The SMILES string of the molecule is Cc1cc(C(=O)N2CCC(C)C2)sc1C#CCCO. The second kappa shape index (κ2) is 6.23. The van der Waals surface area contributed by atoms with Crippen LogP contribution in [0.1, 0.15) is 39.9 Å². The van der Waals surface area contributed by atoms with Gasteiger partial charge in [-0.2, -0.15) is 0 Å². The van der Waals surface area contributed by atoms with E-state index >= 15 is 0 Å². The molecule has 19 heavy (non-hydrogen) atoms. The molecular formula is C15H19NO2S. The van der Waals surface area contributed by atoms with E-state index in [4.69, 9.17) is 5.11 Å². The van der Waals surface area contributed by atoms with Crippen molar-refractivity contribution in [3.8, 4) is 11.8 Å². The van der Waals surface area contributed by atoms with Gasteiger partial charge in [-0.25, -0.2) is 0 Å². The third-order valence-corrected chi connectivity index (χ3v) is 4.42. The lowest BCUT2D eigenvalue weighted by atomic mass is 10.2. The van der Waals surface area contributed by atoms with Crippen LogP contribution in [-0.4, -0.2) is 35.6 Å². The molecule has 0 radical (unpaired) electrons. The van der Waals surface area contributed by atoms with E-state index < -0.39 is 0 Å². The summed E-state index contributed by atoms with van der Waals surface area (Å²) in [5.74, 6) is 6.67. The first-order valence-corrected chi connectivity index (χ1v) is 7.43. The summed E-state index contributed by atoms with van der Waals surface area (Å²) in [4.78, 5) is 16.0. The maximum Gasteiger partial charge on any atom is 0.263 e. The van der Waals surface area contributed by atoms with Crippen molar-refractivity contribution in [2.24, 2.45) is 5.92 Å². The Labute approximate surface area is 118 Å². The highest BCUT2D eigenvalue weighted by molar-refractivity contribution is 7.14. The zero-order valence-corrected chi connectivity index (χ0v) is 12.2. The van der Waals surface area contributed by atoms with E-state index in [9.17, 15) is 4.79 Å². The summed E-state index contributed by atoms with van der Waals surface area (Å²) < 4.78 is 0. The van der Waals surface area contributed by atoms with Gasteiger partial charge < -0.3 is 10.0 Å². The molecule has 0 aromatic carbocycles. The minimum absolute atomic E-state index is 0.0783. The van der Waals surface area contributed by atoms with Crippen molar-refractivity contribution in [3.63, 3.8) is 0 Å². The summed E-state index contributed by atoms with van der Waals surface area (Å²) >= 11 is 1.46. The normalized spacial score (nSPS) is 18.3. The number of hydrogen-bond acceptors (Lipinski definition) is 3. The van der Waals surface area contributed by atoms with Gasteiger partial charge in [-0.1, -0.05) is 18.8 Å². The van der Waals surface area contributed by atoms with Gasteiger partial charge in [-0.3, -0.25) is 4.79 Å². The van der Waals surface area contributed by atoms with Gasteiger partial charge in [0.1, 0.15) is 0 Å². The Balaban J connectivity index is 2.11. The van der Waals surface area contributed by atoms with Crippen molar-refractivity contribution in [2.45, 2.75) is 26.7 Å². The van der Waals surface area contributed by atoms with E-state index in [1.165, 1.54) is 11.3 Å². The number of carbonyl (C=O) groups excluding carboxylic acids is 1. The standard InChI is InChI=1S/C15H19NO2S/c1-11-6-7-16(10-11)15(18)14-9-12(2)13(19-14)5-3-4-8-17/h9,11,17H,4,6-8,10H2,1-2H3. The van der Waals surface area contributed by atoms with Gasteiger partial charge in [0.05, 0.1) is 16.4 Å². The van der Waals surface area contributed by atoms with Crippen molar-refractivity contribution in [3.05, 3.63) is 21.4 Å². The number of aliphatic hydroxyl groups excluding tert-OH is 1. The first kappa shape index (κ1) is 14.1. The predicted octanol–water partition coefficient (Wildman–Crippen LogP) is 2.27. The maximum atomic E-state index is 12.3. The third kappa shape index (κ3) is 3.37. The summed E-state index contributed by atoms with van der Waals surface area (Å²) in [5.41, 5.74) is 1.05. The molecule has 1 aromatic heterocycles. The van der Waals surface area contributed by atoms with E-state index in [2.05, 4.69) is 18.8 Å². The summed E-state index contributed by atoms with van der Waals surface area (Å²) in [6, 6.07) is 1.93. The highest BCUT2D eigenvalue weighted by atomic mass is 32.1. The number of rotatable bonds is 2. The van der Waals surface area contributed by atoms with Crippen molar-refractivity contribution in [2.75, 3.05) is 19.7 Å². The Hall–Kier alpha value is -1.31. The van der Waals surface area contributed by atoms with E-state index in [0.717, 1.165) is 34.8 Å². The van der Waals surface area contributed by atoms with E-state index in [1.807, 2.05) is 17.9 Å². The molecule has 102 valence electrons. The molecule has 1 fully saturated rings. The molecule has 0 aliphatic carbocycles. The molecule has 0 spiro atoms.